The second kappa shape index (κ2) is 5.61. The zero-order valence-corrected chi connectivity index (χ0v) is 11.0. The number of carbonyl (C=O) groups is 1. The van der Waals surface area contributed by atoms with Gasteiger partial charge in [0.15, 0.2) is 5.78 Å². The molecule has 0 spiro atoms. The van der Waals surface area contributed by atoms with Gasteiger partial charge in [0.25, 0.3) is 0 Å². The van der Waals surface area contributed by atoms with Gasteiger partial charge in [-0.1, -0.05) is 19.1 Å². The second-order valence-electron chi connectivity index (χ2n) is 5.36. The Morgan fingerprint density at radius 3 is 2.78 bits per heavy atom. The van der Waals surface area contributed by atoms with Crippen molar-refractivity contribution in [3.8, 4) is 0 Å². The normalized spacial score (nSPS) is 25.1. The number of ketones is 1. The summed E-state index contributed by atoms with van der Waals surface area (Å²) in [4.78, 5) is 14.3. The molecule has 3 heteroatoms. The summed E-state index contributed by atoms with van der Waals surface area (Å²) in [5.41, 5.74) is 0.211. The van der Waals surface area contributed by atoms with Crippen LogP contribution in [-0.4, -0.2) is 29.8 Å². The molecule has 0 bridgehead atoms. The smallest absolute Gasteiger partial charge is 0.179 e. The maximum absolute atomic E-state index is 13.5. The summed E-state index contributed by atoms with van der Waals surface area (Å²) in [6, 6.07) is 6.64. The number of hydrogen-bond donors (Lipinski definition) is 0. The van der Waals surface area contributed by atoms with Crippen molar-refractivity contribution in [1.29, 1.82) is 0 Å². The summed E-state index contributed by atoms with van der Waals surface area (Å²) in [7, 11) is 0. The predicted molar refractivity (Wildman–Crippen MR) is 70.2 cm³/mol. The lowest BCUT2D eigenvalue weighted by Gasteiger charge is -2.36. The van der Waals surface area contributed by atoms with E-state index >= 15 is 0 Å². The molecule has 2 nitrogen and oxygen atoms in total. The van der Waals surface area contributed by atoms with E-state index in [1.807, 2.05) is 0 Å². The van der Waals surface area contributed by atoms with E-state index in [4.69, 9.17) is 0 Å². The monoisotopic (exact) mass is 249 g/mol. The lowest BCUT2D eigenvalue weighted by molar-refractivity contribution is 0.0801. The van der Waals surface area contributed by atoms with Crippen LogP contribution < -0.4 is 0 Å². The fraction of sp³-hybridized carbons (Fsp3) is 0.533. The van der Waals surface area contributed by atoms with Gasteiger partial charge in [-0.2, -0.15) is 0 Å². The highest BCUT2D eigenvalue weighted by molar-refractivity contribution is 5.97. The first kappa shape index (κ1) is 13.2. The van der Waals surface area contributed by atoms with Gasteiger partial charge in [0.1, 0.15) is 5.82 Å². The molecule has 98 valence electrons. The van der Waals surface area contributed by atoms with Crippen molar-refractivity contribution in [2.24, 2.45) is 5.92 Å². The second-order valence-corrected chi connectivity index (χ2v) is 5.36. The van der Waals surface area contributed by atoms with Gasteiger partial charge in [0, 0.05) is 12.6 Å². The molecule has 0 aromatic heterocycles. The Morgan fingerprint density at radius 1 is 1.33 bits per heavy atom. The topological polar surface area (TPSA) is 20.3 Å². The molecular weight excluding hydrogens is 229 g/mol. The van der Waals surface area contributed by atoms with Gasteiger partial charge >= 0.3 is 0 Å². The minimum atomic E-state index is -0.416. The summed E-state index contributed by atoms with van der Waals surface area (Å²) in [6.45, 7) is 5.60. The first-order valence-corrected chi connectivity index (χ1v) is 6.59. The SMILES string of the molecule is CC1CCC(C)N(CC(=O)c2ccccc2F)C1. The van der Waals surface area contributed by atoms with Crippen LogP contribution >= 0.6 is 0 Å². The third-order valence-corrected chi connectivity index (χ3v) is 3.77. The van der Waals surface area contributed by atoms with E-state index in [9.17, 15) is 9.18 Å². The zero-order chi connectivity index (χ0) is 13.1. The summed E-state index contributed by atoms with van der Waals surface area (Å²) in [6.07, 6.45) is 2.33. The molecule has 1 aromatic rings. The van der Waals surface area contributed by atoms with Crippen molar-refractivity contribution in [2.75, 3.05) is 13.1 Å². The molecule has 1 heterocycles. The molecule has 2 unspecified atom stereocenters. The van der Waals surface area contributed by atoms with Crippen LogP contribution in [0.5, 0.6) is 0 Å². The molecule has 0 aliphatic carbocycles. The first-order valence-electron chi connectivity index (χ1n) is 6.59. The average Bonchev–Trinajstić information content (AvgIpc) is 2.34. The van der Waals surface area contributed by atoms with E-state index in [0.717, 1.165) is 13.0 Å². The van der Waals surface area contributed by atoms with Crippen LogP contribution in [-0.2, 0) is 0 Å². The molecule has 1 aliphatic heterocycles. The Labute approximate surface area is 108 Å². The Bertz CT molecular complexity index is 432. The van der Waals surface area contributed by atoms with Gasteiger partial charge in [-0.05, 0) is 37.8 Å². The van der Waals surface area contributed by atoms with E-state index in [0.29, 0.717) is 18.5 Å². The van der Waals surface area contributed by atoms with Crippen molar-refractivity contribution in [2.45, 2.75) is 32.7 Å². The molecule has 0 saturated carbocycles. The number of carbonyl (C=O) groups excluding carboxylic acids is 1. The zero-order valence-electron chi connectivity index (χ0n) is 11.0. The van der Waals surface area contributed by atoms with E-state index in [2.05, 4.69) is 18.7 Å². The van der Waals surface area contributed by atoms with Gasteiger partial charge in [-0.25, -0.2) is 4.39 Å². The van der Waals surface area contributed by atoms with Gasteiger partial charge in [-0.15, -0.1) is 0 Å². The van der Waals surface area contributed by atoms with E-state index in [1.54, 1.807) is 18.2 Å². The molecule has 0 radical (unpaired) electrons. The summed E-state index contributed by atoms with van der Waals surface area (Å²) < 4.78 is 13.5. The molecular formula is C15H20FNO. The van der Waals surface area contributed by atoms with Crippen LogP contribution in [0.2, 0.25) is 0 Å². The molecule has 1 aromatic carbocycles. The minimum Gasteiger partial charge on any atom is -0.293 e. The standard InChI is InChI=1S/C15H20FNO/c1-11-7-8-12(2)17(9-11)10-15(18)13-5-3-4-6-14(13)16/h3-6,11-12H,7-10H2,1-2H3. The van der Waals surface area contributed by atoms with Crippen LogP contribution in [0.15, 0.2) is 24.3 Å². The van der Waals surface area contributed by atoms with Crippen LogP contribution in [0, 0.1) is 11.7 Å². The Hall–Kier alpha value is -1.22. The maximum atomic E-state index is 13.5. The van der Waals surface area contributed by atoms with Crippen molar-refractivity contribution < 1.29 is 9.18 Å². The third kappa shape index (κ3) is 2.96. The average molecular weight is 249 g/mol. The van der Waals surface area contributed by atoms with Crippen molar-refractivity contribution in [3.05, 3.63) is 35.6 Å². The molecule has 1 aliphatic rings. The minimum absolute atomic E-state index is 0.117. The largest absolute Gasteiger partial charge is 0.293 e. The molecule has 0 N–H and O–H groups in total. The number of nitrogens with zero attached hydrogens (tertiary/aromatic N) is 1. The summed E-state index contributed by atoms with van der Waals surface area (Å²) in [5, 5.41) is 0. The predicted octanol–water partition coefficient (Wildman–Crippen LogP) is 3.13. The third-order valence-electron chi connectivity index (χ3n) is 3.77. The van der Waals surface area contributed by atoms with Gasteiger partial charge in [0.2, 0.25) is 0 Å². The first-order chi connectivity index (χ1) is 8.58. The number of Topliss-reactive ketones (excluding diaryl/α,β-unsaturated/α-hetero) is 1. The van der Waals surface area contributed by atoms with Crippen molar-refractivity contribution >= 4 is 5.78 Å². The van der Waals surface area contributed by atoms with Crippen LogP contribution in [0.3, 0.4) is 0 Å². The quantitative estimate of drug-likeness (QED) is 0.767. The highest BCUT2D eigenvalue weighted by Crippen LogP contribution is 2.21. The van der Waals surface area contributed by atoms with Gasteiger partial charge in [0.05, 0.1) is 12.1 Å². The Morgan fingerprint density at radius 2 is 2.06 bits per heavy atom. The highest BCUT2D eigenvalue weighted by Gasteiger charge is 2.25. The lowest BCUT2D eigenvalue weighted by atomic mass is 9.94. The maximum Gasteiger partial charge on any atom is 0.179 e. The number of benzene rings is 1. The number of piperidine rings is 1. The highest BCUT2D eigenvalue weighted by atomic mass is 19.1. The van der Waals surface area contributed by atoms with Gasteiger partial charge in [-0.3, -0.25) is 9.69 Å². The van der Waals surface area contributed by atoms with Crippen molar-refractivity contribution in [3.63, 3.8) is 0 Å². The molecule has 0 amide bonds. The van der Waals surface area contributed by atoms with Crippen molar-refractivity contribution in [1.82, 2.24) is 4.90 Å². The van der Waals surface area contributed by atoms with E-state index < -0.39 is 5.82 Å². The van der Waals surface area contributed by atoms with Crippen LogP contribution in [0.25, 0.3) is 0 Å². The number of likely N-dealkylation sites (tertiary alicyclic amines) is 1. The lowest BCUT2D eigenvalue weighted by Crippen LogP contribution is -2.43. The fourth-order valence-electron chi connectivity index (χ4n) is 2.56. The molecule has 2 rings (SSSR count). The Balaban J connectivity index is 2.05. The molecule has 1 fully saturated rings. The number of halogens is 1. The van der Waals surface area contributed by atoms with E-state index in [-0.39, 0.29) is 11.3 Å². The van der Waals surface area contributed by atoms with E-state index in [1.165, 1.54) is 12.5 Å². The fourth-order valence-corrected chi connectivity index (χ4v) is 2.56. The summed E-state index contributed by atoms with van der Waals surface area (Å²) in [5.74, 6) is 0.0869. The number of rotatable bonds is 3. The van der Waals surface area contributed by atoms with Crippen LogP contribution in [0.4, 0.5) is 4.39 Å². The number of hydrogen-bond acceptors (Lipinski definition) is 2. The van der Waals surface area contributed by atoms with Crippen LogP contribution in [0.1, 0.15) is 37.0 Å². The molecule has 1 saturated heterocycles. The Kier molecular flexibility index (Phi) is 4.12. The molecule has 2 atom stereocenters. The molecule has 18 heavy (non-hydrogen) atoms. The summed E-state index contributed by atoms with van der Waals surface area (Å²) >= 11 is 0. The van der Waals surface area contributed by atoms with Gasteiger partial charge < -0.3 is 0 Å².